The molecule has 140 valence electrons. The summed E-state index contributed by atoms with van der Waals surface area (Å²) in [5.74, 6) is -0.279. The summed E-state index contributed by atoms with van der Waals surface area (Å²) in [6.07, 6.45) is 1.44. The number of carbonyl (C=O) groups excluding carboxylic acids is 1. The van der Waals surface area contributed by atoms with Gasteiger partial charge in [-0.2, -0.15) is 0 Å². The van der Waals surface area contributed by atoms with Gasteiger partial charge >= 0.3 is 5.97 Å². The molecule has 0 fully saturated rings. The highest BCUT2D eigenvalue weighted by atomic mass is 16.6. The highest BCUT2D eigenvalue weighted by molar-refractivity contribution is 5.90. The predicted octanol–water partition coefficient (Wildman–Crippen LogP) is 4.87. The van der Waals surface area contributed by atoms with Crippen LogP contribution in [-0.4, -0.2) is 18.7 Å². The molecule has 0 saturated carbocycles. The van der Waals surface area contributed by atoms with Gasteiger partial charge in [0, 0.05) is 5.57 Å². The SMILES string of the molecule is CC1=C[C@@H](COC(c2ccccc2)(c2ccccc2)c2ccccc2)OC1=O. The molecule has 0 spiro atoms. The van der Waals surface area contributed by atoms with E-state index in [2.05, 4.69) is 36.4 Å². The smallest absolute Gasteiger partial charge is 0.334 e. The molecule has 0 saturated heterocycles. The Morgan fingerprint density at radius 3 is 1.57 bits per heavy atom. The Balaban J connectivity index is 1.83. The van der Waals surface area contributed by atoms with Gasteiger partial charge in [0.1, 0.15) is 11.7 Å². The third-order valence-electron chi connectivity index (χ3n) is 5.02. The zero-order valence-corrected chi connectivity index (χ0v) is 15.7. The van der Waals surface area contributed by atoms with Crippen molar-refractivity contribution in [2.24, 2.45) is 0 Å². The van der Waals surface area contributed by atoms with E-state index in [0.717, 1.165) is 16.7 Å². The van der Waals surface area contributed by atoms with E-state index in [-0.39, 0.29) is 18.7 Å². The normalized spacial score (nSPS) is 16.5. The van der Waals surface area contributed by atoms with Crippen LogP contribution in [0.25, 0.3) is 0 Å². The van der Waals surface area contributed by atoms with Crippen LogP contribution < -0.4 is 0 Å². The first-order chi connectivity index (χ1) is 13.7. The zero-order valence-electron chi connectivity index (χ0n) is 15.7. The van der Waals surface area contributed by atoms with Crippen LogP contribution in [0.5, 0.6) is 0 Å². The van der Waals surface area contributed by atoms with E-state index in [9.17, 15) is 4.79 Å². The minimum atomic E-state index is -0.805. The number of carbonyl (C=O) groups is 1. The molecule has 0 aliphatic carbocycles. The summed E-state index contributed by atoms with van der Waals surface area (Å²) in [7, 11) is 0. The van der Waals surface area contributed by atoms with Crippen molar-refractivity contribution >= 4 is 5.97 Å². The Morgan fingerprint density at radius 1 is 0.786 bits per heavy atom. The molecule has 28 heavy (non-hydrogen) atoms. The zero-order chi connectivity index (χ0) is 19.4. The number of rotatable bonds is 6. The van der Waals surface area contributed by atoms with Gasteiger partial charge in [-0.1, -0.05) is 91.0 Å². The third-order valence-corrected chi connectivity index (χ3v) is 5.02. The quantitative estimate of drug-likeness (QED) is 0.459. The molecule has 0 unspecified atom stereocenters. The minimum Gasteiger partial charge on any atom is -0.452 e. The van der Waals surface area contributed by atoms with Crippen LogP contribution in [0.4, 0.5) is 0 Å². The van der Waals surface area contributed by atoms with Gasteiger partial charge in [0.15, 0.2) is 0 Å². The molecule has 1 atom stereocenters. The average Bonchev–Trinajstić information content (AvgIpc) is 3.08. The molecule has 0 aromatic heterocycles. The lowest BCUT2D eigenvalue weighted by Gasteiger charge is -2.36. The second kappa shape index (κ2) is 7.83. The van der Waals surface area contributed by atoms with Crippen LogP contribution in [0.1, 0.15) is 23.6 Å². The molecule has 0 bridgehead atoms. The fourth-order valence-electron chi connectivity index (χ4n) is 3.67. The molecule has 3 aromatic carbocycles. The summed E-state index contributed by atoms with van der Waals surface area (Å²) in [4.78, 5) is 11.8. The molecule has 3 heteroatoms. The fourth-order valence-corrected chi connectivity index (χ4v) is 3.67. The fraction of sp³-hybridized carbons (Fsp3) is 0.160. The highest BCUT2D eigenvalue weighted by Gasteiger charge is 2.38. The van der Waals surface area contributed by atoms with Crippen molar-refractivity contribution in [2.45, 2.75) is 18.6 Å². The summed E-state index contributed by atoms with van der Waals surface area (Å²) in [6.45, 7) is 2.03. The molecular weight excluding hydrogens is 348 g/mol. The Kier molecular flexibility index (Phi) is 5.09. The first-order valence-corrected chi connectivity index (χ1v) is 9.40. The van der Waals surface area contributed by atoms with Gasteiger partial charge in [-0.15, -0.1) is 0 Å². The number of hydrogen-bond acceptors (Lipinski definition) is 3. The van der Waals surface area contributed by atoms with Crippen LogP contribution in [0.2, 0.25) is 0 Å². The van der Waals surface area contributed by atoms with Crippen molar-refractivity contribution in [1.82, 2.24) is 0 Å². The van der Waals surface area contributed by atoms with Crippen molar-refractivity contribution in [3.8, 4) is 0 Å². The molecule has 4 rings (SSSR count). The number of hydrogen-bond donors (Lipinski definition) is 0. The summed E-state index contributed by atoms with van der Waals surface area (Å²) in [6, 6.07) is 30.5. The molecule has 1 heterocycles. The minimum absolute atomic E-state index is 0.266. The van der Waals surface area contributed by atoms with Gasteiger partial charge < -0.3 is 9.47 Å². The Morgan fingerprint density at radius 2 is 1.21 bits per heavy atom. The van der Waals surface area contributed by atoms with E-state index in [4.69, 9.17) is 9.47 Å². The monoisotopic (exact) mass is 370 g/mol. The van der Waals surface area contributed by atoms with Crippen LogP contribution in [-0.2, 0) is 19.9 Å². The second-order valence-electron chi connectivity index (χ2n) is 6.88. The molecular formula is C25H22O3. The Hall–Kier alpha value is -3.17. The molecule has 3 nitrogen and oxygen atoms in total. The van der Waals surface area contributed by atoms with Crippen LogP contribution >= 0.6 is 0 Å². The first-order valence-electron chi connectivity index (χ1n) is 9.40. The van der Waals surface area contributed by atoms with E-state index in [1.54, 1.807) is 6.92 Å². The third kappa shape index (κ3) is 3.37. The standard InChI is InChI=1S/C25H22O3/c1-19-17-23(28-24(19)26)18-27-25(20-11-5-2-6-12-20,21-13-7-3-8-14-21)22-15-9-4-10-16-22/h2-17,23H,18H2,1H3/t23-/m0/s1. The van der Waals surface area contributed by atoms with E-state index < -0.39 is 5.60 Å². The summed E-state index contributed by atoms with van der Waals surface area (Å²) in [5.41, 5.74) is 2.89. The lowest BCUT2D eigenvalue weighted by Crippen LogP contribution is -2.35. The topological polar surface area (TPSA) is 35.5 Å². The molecule has 0 N–H and O–H groups in total. The summed E-state index contributed by atoms with van der Waals surface area (Å²) < 4.78 is 12.1. The van der Waals surface area contributed by atoms with Gasteiger partial charge in [0.2, 0.25) is 0 Å². The van der Waals surface area contributed by atoms with Crippen molar-refractivity contribution in [1.29, 1.82) is 0 Å². The maximum absolute atomic E-state index is 11.8. The van der Waals surface area contributed by atoms with Crippen molar-refractivity contribution in [3.63, 3.8) is 0 Å². The van der Waals surface area contributed by atoms with Crippen molar-refractivity contribution in [2.75, 3.05) is 6.61 Å². The average molecular weight is 370 g/mol. The summed E-state index contributed by atoms with van der Waals surface area (Å²) >= 11 is 0. The van der Waals surface area contributed by atoms with Crippen molar-refractivity contribution < 1.29 is 14.3 Å². The van der Waals surface area contributed by atoms with Crippen molar-refractivity contribution in [3.05, 3.63) is 119 Å². The van der Waals surface area contributed by atoms with Crippen LogP contribution in [0.3, 0.4) is 0 Å². The Bertz CT molecular complexity index is 866. The number of cyclic esters (lactones) is 1. The largest absolute Gasteiger partial charge is 0.452 e. The summed E-state index contributed by atoms with van der Waals surface area (Å²) in [5, 5.41) is 0. The molecule has 1 aliphatic rings. The maximum atomic E-state index is 11.8. The lowest BCUT2D eigenvalue weighted by atomic mass is 9.80. The van der Waals surface area contributed by atoms with Gasteiger partial charge in [-0.3, -0.25) is 0 Å². The van der Waals surface area contributed by atoms with Gasteiger partial charge in [-0.25, -0.2) is 4.79 Å². The molecule has 0 radical (unpaired) electrons. The van der Waals surface area contributed by atoms with Crippen LogP contribution in [0.15, 0.2) is 103 Å². The van der Waals surface area contributed by atoms with E-state index in [1.807, 2.05) is 60.7 Å². The van der Waals surface area contributed by atoms with Gasteiger partial charge in [-0.05, 0) is 29.7 Å². The maximum Gasteiger partial charge on any atom is 0.334 e. The second-order valence-corrected chi connectivity index (χ2v) is 6.88. The Labute approximate surface area is 165 Å². The van der Waals surface area contributed by atoms with Crippen LogP contribution in [0, 0.1) is 0 Å². The number of esters is 1. The van der Waals surface area contributed by atoms with E-state index >= 15 is 0 Å². The molecule has 3 aromatic rings. The molecule has 0 amide bonds. The lowest BCUT2D eigenvalue weighted by molar-refractivity contribution is -0.143. The molecule has 1 aliphatic heterocycles. The predicted molar refractivity (Wildman–Crippen MR) is 109 cm³/mol. The first kappa shape index (κ1) is 18.2. The van der Waals surface area contributed by atoms with E-state index in [0.29, 0.717) is 5.57 Å². The van der Waals surface area contributed by atoms with Gasteiger partial charge in [0.05, 0.1) is 6.61 Å². The highest BCUT2D eigenvalue weighted by Crippen LogP contribution is 2.40. The number of ether oxygens (including phenoxy) is 2. The van der Waals surface area contributed by atoms with E-state index in [1.165, 1.54) is 0 Å². The number of benzene rings is 3. The van der Waals surface area contributed by atoms with Gasteiger partial charge in [0.25, 0.3) is 0 Å².